The van der Waals surface area contributed by atoms with Gasteiger partial charge in [0.15, 0.2) is 0 Å². The molecule has 0 radical (unpaired) electrons. The topological polar surface area (TPSA) is 66.0 Å². The SMILES string of the molecule is CCN1CCc2c(oc3ccc(N=O)cc23)CC1CCO.[Ce]. The number of rotatable bonds is 4. The van der Waals surface area contributed by atoms with Crippen molar-refractivity contribution in [2.24, 2.45) is 5.18 Å². The molecule has 0 aliphatic carbocycles. The molecule has 1 unspecified atom stereocenters. The molecule has 0 spiro atoms. The molecule has 1 atom stereocenters. The van der Waals surface area contributed by atoms with Crippen LogP contribution in [0.2, 0.25) is 0 Å². The molecule has 2 aromatic rings. The van der Waals surface area contributed by atoms with Crippen molar-refractivity contribution in [2.45, 2.75) is 32.2 Å². The quantitative estimate of drug-likeness (QED) is 0.761. The Bertz CT molecular complexity index is 656. The zero-order valence-corrected chi connectivity index (χ0v) is 15.9. The monoisotopic (exact) mass is 428 g/mol. The Labute approximate surface area is 163 Å². The van der Waals surface area contributed by atoms with Crippen LogP contribution in [-0.2, 0) is 12.8 Å². The molecule has 0 saturated carbocycles. The number of furan rings is 1. The molecule has 1 aliphatic rings. The van der Waals surface area contributed by atoms with Crippen LogP contribution >= 0.6 is 0 Å². The Morgan fingerprint density at radius 1 is 1.45 bits per heavy atom. The van der Waals surface area contributed by atoms with Crippen LogP contribution in [0.5, 0.6) is 0 Å². The molecule has 0 saturated heterocycles. The molecular weight excluding hydrogens is 408 g/mol. The number of nitrogens with zero attached hydrogens (tertiary/aromatic N) is 2. The fourth-order valence-corrected chi connectivity index (χ4v) is 3.31. The number of aliphatic hydroxyl groups excluding tert-OH is 1. The first-order valence-electron chi connectivity index (χ1n) is 7.49. The third-order valence-electron chi connectivity index (χ3n) is 4.42. The summed E-state index contributed by atoms with van der Waals surface area (Å²) in [5.74, 6) is 0.988. The Balaban J connectivity index is 0.00000176. The molecule has 0 bridgehead atoms. The third kappa shape index (κ3) is 3.43. The summed E-state index contributed by atoms with van der Waals surface area (Å²) < 4.78 is 5.99. The van der Waals surface area contributed by atoms with E-state index in [0.717, 1.165) is 49.1 Å². The predicted molar refractivity (Wildman–Crippen MR) is 81.8 cm³/mol. The van der Waals surface area contributed by atoms with Crippen LogP contribution in [0, 0.1) is 46.7 Å². The maximum Gasteiger partial charge on any atom is 0.134 e. The molecule has 0 amide bonds. The largest absolute Gasteiger partial charge is 0.461 e. The van der Waals surface area contributed by atoms with Crippen molar-refractivity contribution in [2.75, 3.05) is 19.7 Å². The Kier molecular flexibility index (Phi) is 6.52. The van der Waals surface area contributed by atoms with Crippen LogP contribution in [0.1, 0.15) is 24.7 Å². The molecule has 1 aliphatic heterocycles. The van der Waals surface area contributed by atoms with Crippen molar-refractivity contribution in [3.8, 4) is 0 Å². The van der Waals surface area contributed by atoms with Crippen molar-refractivity contribution in [1.82, 2.24) is 4.90 Å². The zero-order chi connectivity index (χ0) is 14.8. The van der Waals surface area contributed by atoms with E-state index in [9.17, 15) is 10.0 Å². The Morgan fingerprint density at radius 3 is 2.95 bits per heavy atom. The average molecular weight is 428 g/mol. The van der Waals surface area contributed by atoms with Gasteiger partial charge in [0.05, 0.1) is 0 Å². The normalized spacial score (nSPS) is 18.5. The van der Waals surface area contributed by atoms with Crippen LogP contribution in [0.25, 0.3) is 11.0 Å². The summed E-state index contributed by atoms with van der Waals surface area (Å²) in [5.41, 5.74) is 2.45. The maximum absolute atomic E-state index is 10.7. The molecule has 22 heavy (non-hydrogen) atoms. The van der Waals surface area contributed by atoms with Crippen molar-refractivity contribution in [3.05, 3.63) is 34.4 Å². The number of likely N-dealkylation sites (N-methyl/N-ethyl adjacent to an activating group) is 1. The smallest absolute Gasteiger partial charge is 0.134 e. The number of fused-ring (bicyclic) bond motifs is 3. The second-order valence-electron chi connectivity index (χ2n) is 5.52. The van der Waals surface area contributed by atoms with E-state index in [2.05, 4.69) is 17.0 Å². The summed E-state index contributed by atoms with van der Waals surface area (Å²) in [6.07, 6.45) is 2.47. The van der Waals surface area contributed by atoms with Gasteiger partial charge in [-0.1, -0.05) is 6.92 Å². The molecule has 1 N–H and O–H groups in total. The molecular formula is C16H20CeN2O3. The van der Waals surface area contributed by atoms with E-state index in [4.69, 9.17) is 4.42 Å². The number of hydrogen-bond donors (Lipinski definition) is 1. The van der Waals surface area contributed by atoms with E-state index in [0.29, 0.717) is 11.7 Å². The minimum atomic E-state index is 0. The van der Waals surface area contributed by atoms with Gasteiger partial charge in [0.25, 0.3) is 0 Å². The van der Waals surface area contributed by atoms with Crippen molar-refractivity contribution >= 4 is 16.7 Å². The summed E-state index contributed by atoms with van der Waals surface area (Å²) in [6.45, 7) is 4.25. The van der Waals surface area contributed by atoms with Crippen LogP contribution < -0.4 is 0 Å². The standard InChI is InChI=1S/C16H20N2O3.Ce/c1-2-18-7-5-13-14-9-11(17-20)3-4-15(14)21-16(13)10-12(18)6-8-19;/h3-4,9,12,19H,2,5-8,10H2,1H3;. The van der Waals surface area contributed by atoms with E-state index < -0.39 is 0 Å². The first-order valence-corrected chi connectivity index (χ1v) is 7.49. The summed E-state index contributed by atoms with van der Waals surface area (Å²) in [4.78, 5) is 13.1. The van der Waals surface area contributed by atoms with Gasteiger partial charge in [-0.3, -0.25) is 4.90 Å². The number of nitroso groups, excluding NO2 is 1. The molecule has 2 heterocycles. The zero-order valence-electron chi connectivity index (χ0n) is 12.7. The fourth-order valence-electron chi connectivity index (χ4n) is 3.31. The predicted octanol–water partition coefficient (Wildman–Crippen LogP) is 3.00. The van der Waals surface area contributed by atoms with E-state index >= 15 is 0 Å². The summed E-state index contributed by atoms with van der Waals surface area (Å²) in [6, 6.07) is 5.62. The third-order valence-corrected chi connectivity index (χ3v) is 4.42. The molecule has 3 rings (SSSR count). The number of benzene rings is 1. The molecule has 6 heteroatoms. The van der Waals surface area contributed by atoms with Gasteiger partial charge >= 0.3 is 0 Å². The van der Waals surface area contributed by atoms with Gasteiger partial charge in [-0.2, -0.15) is 0 Å². The van der Waals surface area contributed by atoms with Gasteiger partial charge in [0, 0.05) is 78.3 Å². The summed E-state index contributed by atoms with van der Waals surface area (Å²) in [7, 11) is 0. The Morgan fingerprint density at radius 2 is 2.27 bits per heavy atom. The first-order chi connectivity index (χ1) is 10.3. The van der Waals surface area contributed by atoms with Crippen molar-refractivity contribution in [1.29, 1.82) is 0 Å². The van der Waals surface area contributed by atoms with Crippen molar-refractivity contribution < 1.29 is 51.3 Å². The van der Waals surface area contributed by atoms with Gasteiger partial charge in [0.2, 0.25) is 0 Å². The molecule has 1 aromatic carbocycles. The number of hydrogen-bond acceptors (Lipinski definition) is 5. The summed E-state index contributed by atoms with van der Waals surface area (Å²) >= 11 is 0. The van der Waals surface area contributed by atoms with Gasteiger partial charge in [0.1, 0.15) is 17.0 Å². The van der Waals surface area contributed by atoms with Gasteiger partial charge in [-0.15, -0.1) is 4.91 Å². The Hall–Kier alpha value is -0.343. The van der Waals surface area contributed by atoms with E-state index in [-0.39, 0.29) is 48.4 Å². The molecule has 1 aromatic heterocycles. The minimum absolute atomic E-state index is 0. The molecule has 116 valence electrons. The van der Waals surface area contributed by atoms with Gasteiger partial charge < -0.3 is 9.52 Å². The maximum atomic E-state index is 10.7. The number of aliphatic hydroxyl groups is 1. The molecule has 0 fully saturated rings. The second-order valence-corrected chi connectivity index (χ2v) is 5.52. The van der Waals surface area contributed by atoms with Crippen LogP contribution in [0.3, 0.4) is 0 Å². The second kappa shape index (κ2) is 7.96. The molecule has 5 nitrogen and oxygen atoms in total. The van der Waals surface area contributed by atoms with Crippen LogP contribution in [0.4, 0.5) is 5.69 Å². The minimum Gasteiger partial charge on any atom is -0.461 e. The van der Waals surface area contributed by atoms with Gasteiger partial charge in [-0.25, -0.2) is 0 Å². The van der Waals surface area contributed by atoms with E-state index in [1.54, 1.807) is 6.07 Å². The summed E-state index contributed by atoms with van der Waals surface area (Å²) in [5, 5.41) is 13.3. The average Bonchev–Trinajstić information content (AvgIpc) is 2.74. The van der Waals surface area contributed by atoms with Crippen molar-refractivity contribution in [3.63, 3.8) is 0 Å². The van der Waals surface area contributed by atoms with E-state index in [1.807, 2.05) is 12.1 Å². The van der Waals surface area contributed by atoms with Crippen LogP contribution in [-0.4, -0.2) is 35.7 Å². The first kappa shape index (κ1) is 18.0. The van der Waals surface area contributed by atoms with E-state index in [1.165, 1.54) is 5.56 Å². The van der Waals surface area contributed by atoms with Crippen LogP contribution in [0.15, 0.2) is 27.8 Å². The fraction of sp³-hybridized carbons (Fsp3) is 0.500. The van der Waals surface area contributed by atoms with Gasteiger partial charge in [-0.05, 0) is 42.8 Å².